The molecule has 0 bridgehead atoms. The molecule has 2 aromatic carbocycles. The maximum Gasteiger partial charge on any atom is 0.264 e. The highest BCUT2D eigenvalue weighted by atomic mass is 32.1. The van der Waals surface area contributed by atoms with E-state index in [1.165, 1.54) is 21.6 Å². The summed E-state index contributed by atoms with van der Waals surface area (Å²) >= 11 is 1.66. The Labute approximate surface area is 175 Å². The van der Waals surface area contributed by atoms with Crippen LogP contribution >= 0.6 is 11.3 Å². The first-order valence-corrected chi connectivity index (χ1v) is 10.9. The first-order chi connectivity index (χ1) is 14.2. The van der Waals surface area contributed by atoms with Gasteiger partial charge < -0.3 is 14.5 Å². The van der Waals surface area contributed by atoms with Gasteiger partial charge >= 0.3 is 0 Å². The average molecular weight is 405 g/mol. The molecule has 2 aliphatic rings. The van der Waals surface area contributed by atoms with E-state index >= 15 is 0 Å². The zero-order valence-electron chi connectivity index (χ0n) is 16.6. The summed E-state index contributed by atoms with van der Waals surface area (Å²) in [5.74, 6) is 1.05. The normalized spacial score (nSPS) is 15.6. The van der Waals surface area contributed by atoms with Gasteiger partial charge in [-0.25, -0.2) is 0 Å². The summed E-state index contributed by atoms with van der Waals surface area (Å²) in [6, 6.07) is 18.8. The van der Waals surface area contributed by atoms with Gasteiger partial charge in [0, 0.05) is 31.1 Å². The molecule has 0 atom stereocenters. The third kappa shape index (κ3) is 3.29. The summed E-state index contributed by atoms with van der Waals surface area (Å²) in [6.45, 7) is 3.10. The van der Waals surface area contributed by atoms with Gasteiger partial charge in [-0.05, 0) is 47.7 Å². The fourth-order valence-corrected chi connectivity index (χ4v) is 5.61. The summed E-state index contributed by atoms with van der Waals surface area (Å²) in [4.78, 5) is 19.6. The van der Waals surface area contributed by atoms with Crippen molar-refractivity contribution >= 4 is 22.9 Å². The minimum Gasteiger partial charge on any atom is -0.495 e. The first-order valence-electron chi connectivity index (χ1n) is 10.1. The average Bonchev–Trinajstić information content (AvgIpc) is 3.23. The Morgan fingerprint density at radius 1 is 0.931 bits per heavy atom. The van der Waals surface area contributed by atoms with Gasteiger partial charge in [0.2, 0.25) is 0 Å². The number of thiophene rings is 1. The fourth-order valence-electron chi connectivity index (χ4n) is 4.37. The molecule has 148 valence electrons. The molecule has 3 aromatic rings. The van der Waals surface area contributed by atoms with Crippen LogP contribution in [0.4, 0.5) is 5.69 Å². The molecule has 0 saturated carbocycles. The van der Waals surface area contributed by atoms with Gasteiger partial charge in [-0.3, -0.25) is 4.79 Å². The first kappa shape index (κ1) is 18.3. The van der Waals surface area contributed by atoms with Crippen molar-refractivity contribution < 1.29 is 9.53 Å². The summed E-state index contributed by atoms with van der Waals surface area (Å²) in [7, 11) is 1.70. The van der Waals surface area contributed by atoms with Crippen molar-refractivity contribution in [2.24, 2.45) is 0 Å². The largest absolute Gasteiger partial charge is 0.495 e. The van der Waals surface area contributed by atoms with Crippen molar-refractivity contribution in [3.63, 3.8) is 0 Å². The van der Waals surface area contributed by atoms with E-state index in [0.29, 0.717) is 0 Å². The van der Waals surface area contributed by atoms with Crippen LogP contribution in [0.3, 0.4) is 0 Å². The van der Waals surface area contributed by atoms with E-state index < -0.39 is 0 Å². The maximum absolute atomic E-state index is 13.2. The van der Waals surface area contributed by atoms with E-state index in [1.807, 2.05) is 23.1 Å². The van der Waals surface area contributed by atoms with Crippen LogP contribution in [0.2, 0.25) is 0 Å². The highest BCUT2D eigenvalue weighted by molar-refractivity contribution is 7.17. The van der Waals surface area contributed by atoms with Crippen molar-refractivity contribution in [3.8, 4) is 16.2 Å². The number of nitrogens with zero attached hydrogens (tertiary/aromatic N) is 2. The van der Waals surface area contributed by atoms with E-state index in [4.69, 9.17) is 4.74 Å². The number of aryl methyl sites for hydroxylation is 2. The van der Waals surface area contributed by atoms with Crippen LogP contribution in [0.1, 0.15) is 20.8 Å². The Morgan fingerprint density at radius 2 is 1.66 bits per heavy atom. The molecule has 1 amide bonds. The molecule has 0 unspecified atom stereocenters. The smallest absolute Gasteiger partial charge is 0.264 e. The molecule has 2 heterocycles. The third-order valence-corrected chi connectivity index (χ3v) is 7.14. The molecular weight excluding hydrogens is 380 g/mol. The van der Waals surface area contributed by atoms with Crippen molar-refractivity contribution in [1.82, 2.24) is 4.90 Å². The molecule has 1 aliphatic heterocycles. The number of ether oxygens (including phenoxy) is 1. The number of rotatable bonds is 3. The monoisotopic (exact) mass is 404 g/mol. The van der Waals surface area contributed by atoms with Crippen LogP contribution in [-0.2, 0) is 12.8 Å². The highest BCUT2D eigenvalue weighted by Crippen LogP contribution is 2.40. The number of anilines is 1. The van der Waals surface area contributed by atoms with Crippen LogP contribution in [0, 0.1) is 0 Å². The Bertz CT molecular complexity index is 1050. The second-order valence-corrected chi connectivity index (χ2v) is 8.63. The lowest BCUT2D eigenvalue weighted by Gasteiger charge is -2.36. The standard InChI is InChI=1S/C24H24N2O2S/c1-28-21-9-5-4-8-20(21)25-12-14-26(15-13-25)24(27)22-16-18-11-10-17-6-2-3-7-19(17)23(18)29-22/h2-9,16H,10-15H2,1H3. The van der Waals surface area contributed by atoms with Crippen molar-refractivity contribution in [1.29, 1.82) is 0 Å². The predicted octanol–water partition coefficient (Wildman–Crippen LogP) is 4.48. The molecular formula is C24H24N2O2S. The van der Waals surface area contributed by atoms with Crippen LogP contribution in [0.15, 0.2) is 54.6 Å². The number of amides is 1. The maximum atomic E-state index is 13.2. The number of para-hydroxylation sites is 2. The van der Waals surface area contributed by atoms with Gasteiger partial charge in [-0.1, -0.05) is 36.4 Å². The van der Waals surface area contributed by atoms with Crippen molar-refractivity contribution in [3.05, 3.63) is 70.6 Å². The molecule has 0 spiro atoms. The summed E-state index contributed by atoms with van der Waals surface area (Å²) in [6.07, 6.45) is 2.09. The lowest BCUT2D eigenvalue weighted by molar-refractivity contribution is 0.0751. The number of hydrogen-bond acceptors (Lipinski definition) is 4. The van der Waals surface area contributed by atoms with Crippen molar-refractivity contribution in [2.75, 3.05) is 38.2 Å². The minimum atomic E-state index is 0.168. The quantitative estimate of drug-likeness (QED) is 0.645. The number of fused-ring (bicyclic) bond motifs is 3. The highest BCUT2D eigenvalue weighted by Gasteiger charge is 2.27. The van der Waals surface area contributed by atoms with Gasteiger partial charge in [-0.2, -0.15) is 0 Å². The molecule has 5 rings (SSSR count). The van der Waals surface area contributed by atoms with Crippen LogP contribution < -0.4 is 9.64 Å². The predicted molar refractivity (Wildman–Crippen MR) is 118 cm³/mol. The van der Waals surface area contributed by atoms with Gasteiger partial charge in [-0.15, -0.1) is 11.3 Å². The SMILES string of the molecule is COc1ccccc1N1CCN(C(=O)c2cc3c(s2)-c2ccccc2CC3)CC1. The van der Waals surface area contributed by atoms with E-state index in [-0.39, 0.29) is 5.91 Å². The zero-order valence-corrected chi connectivity index (χ0v) is 17.4. The number of piperazine rings is 1. The molecule has 1 fully saturated rings. The zero-order chi connectivity index (χ0) is 19.8. The Hall–Kier alpha value is -2.79. The number of methoxy groups -OCH3 is 1. The van der Waals surface area contributed by atoms with Gasteiger partial charge in [0.1, 0.15) is 5.75 Å². The fraction of sp³-hybridized carbons (Fsp3) is 0.292. The number of carbonyl (C=O) groups is 1. The van der Waals surface area contributed by atoms with Crippen molar-refractivity contribution in [2.45, 2.75) is 12.8 Å². The Balaban J connectivity index is 1.32. The molecule has 4 nitrogen and oxygen atoms in total. The van der Waals surface area contributed by atoms with E-state index in [2.05, 4.69) is 41.3 Å². The summed E-state index contributed by atoms with van der Waals surface area (Å²) in [5, 5.41) is 0. The lowest BCUT2D eigenvalue weighted by atomic mass is 9.91. The van der Waals surface area contributed by atoms with E-state index in [9.17, 15) is 4.79 Å². The number of carbonyl (C=O) groups excluding carboxylic acids is 1. The summed E-state index contributed by atoms with van der Waals surface area (Å²) < 4.78 is 5.50. The van der Waals surface area contributed by atoms with Gasteiger partial charge in [0.15, 0.2) is 0 Å². The van der Waals surface area contributed by atoms with E-state index in [1.54, 1.807) is 18.4 Å². The molecule has 1 aromatic heterocycles. The molecule has 0 radical (unpaired) electrons. The van der Waals surface area contributed by atoms with Crippen LogP contribution in [0.25, 0.3) is 10.4 Å². The van der Waals surface area contributed by atoms with Gasteiger partial charge in [0.25, 0.3) is 5.91 Å². The Kier molecular flexibility index (Phi) is 4.76. The van der Waals surface area contributed by atoms with E-state index in [0.717, 1.165) is 55.3 Å². The van der Waals surface area contributed by atoms with Gasteiger partial charge in [0.05, 0.1) is 17.7 Å². The topological polar surface area (TPSA) is 32.8 Å². The van der Waals surface area contributed by atoms with Crippen LogP contribution in [0.5, 0.6) is 5.75 Å². The molecule has 29 heavy (non-hydrogen) atoms. The second-order valence-electron chi connectivity index (χ2n) is 7.57. The third-order valence-electron chi connectivity index (χ3n) is 5.94. The molecule has 0 N–H and O–H groups in total. The molecule has 1 saturated heterocycles. The minimum absolute atomic E-state index is 0.168. The number of hydrogen-bond donors (Lipinski definition) is 0. The molecule has 5 heteroatoms. The Morgan fingerprint density at radius 3 is 2.48 bits per heavy atom. The lowest BCUT2D eigenvalue weighted by Crippen LogP contribution is -2.48. The second kappa shape index (κ2) is 7.56. The van der Waals surface area contributed by atoms with Crippen LogP contribution in [-0.4, -0.2) is 44.1 Å². The molecule has 1 aliphatic carbocycles. The number of benzene rings is 2. The summed E-state index contributed by atoms with van der Waals surface area (Å²) in [5.41, 5.74) is 5.13.